The standard InChI is InChI=1S/C27H42N2OS/c1-3-5-7-9-11-13-15-21-31-27-28-22-25(23-29-27)24-16-18-26(19-17-24)30-20-14-12-10-8-6-4-2/h16-19,22-23H,3-15,20-21H2,1-2H3. The summed E-state index contributed by atoms with van der Waals surface area (Å²) < 4.78 is 5.88. The molecule has 0 aliphatic heterocycles. The zero-order chi connectivity index (χ0) is 22.0. The number of hydrogen-bond donors (Lipinski definition) is 0. The summed E-state index contributed by atoms with van der Waals surface area (Å²) in [5.74, 6) is 2.05. The Morgan fingerprint density at radius 2 is 1.19 bits per heavy atom. The minimum Gasteiger partial charge on any atom is -0.494 e. The van der Waals surface area contributed by atoms with Crippen molar-refractivity contribution in [2.24, 2.45) is 0 Å². The van der Waals surface area contributed by atoms with Crippen LogP contribution in [0, 0.1) is 0 Å². The molecule has 0 fully saturated rings. The number of ether oxygens (including phenoxy) is 1. The zero-order valence-corrected chi connectivity index (χ0v) is 20.6. The van der Waals surface area contributed by atoms with Gasteiger partial charge in [0.05, 0.1) is 6.61 Å². The second-order valence-electron chi connectivity index (χ2n) is 8.36. The van der Waals surface area contributed by atoms with Crippen LogP contribution < -0.4 is 4.74 Å². The van der Waals surface area contributed by atoms with Gasteiger partial charge in [0.15, 0.2) is 5.16 Å². The van der Waals surface area contributed by atoms with E-state index in [0.29, 0.717) is 0 Å². The van der Waals surface area contributed by atoms with Gasteiger partial charge in [-0.15, -0.1) is 0 Å². The van der Waals surface area contributed by atoms with Gasteiger partial charge in [-0.05, 0) is 30.5 Å². The molecule has 0 N–H and O–H groups in total. The van der Waals surface area contributed by atoms with Crippen molar-refractivity contribution in [3.05, 3.63) is 36.7 Å². The Hall–Kier alpha value is -1.55. The van der Waals surface area contributed by atoms with Crippen LogP contribution in [0.25, 0.3) is 11.1 Å². The van der Waals surface area contributed by atoms with Crippen LogP contribution in [0.5, 0.6) is 5.75 Å². The predicted octanol–water partition coefficient (Wildman–Crippen LogP) is 8.73. The summed E-state index contributed by atoms with van der Waals surface area (Å²) in [6.45, 7) is 5.33. The van der Waals surface area contributed by atoms with Gasteiger partial charge in [0.1, 0.15) is 5.75 Å². The molecule has 0 saturated heterocycles. The molecule has 0 amide bonds. The lowest BCUT2D eigenvalue weighted by Gasteiger charge is -2.08. The highest BCUT2D eigenvalue weighted by atomic mass is 32.2. The molecular weight excluding hydrogens is 400 g/mol. The third-order valence-corrected chi connectivity index (χ3v) is 6.52. The molecule has 172 valence electrons. The molecule has 4 heteroatoms. The lowest BCUT2D eigenvalue weighted by molar-refractivity contribution is 0.304. The van der Waals surface area contributed by atoms with Crippen molar-refractivity contribution < 1.29 is 4.74 Å². The lowest BCUT2D eigenvalue weighted by atomic mass is 10.1. The summed E-state index contributed by atoms with van der Waals surface area (Å²) in [5, 5.41) is 0.883. The Kier molecular flexibility index (Phi) is 14.1. The van der Waals surface area contributed by atoms with E-state index in [9.17, 15) is 0 Å². The molecule has 1 aromatic heterocycles. The molecule has 0 radical (unpaired) electrons. The maximum atomic E-state index is 5.88. The van der Waals surface area contributed by atoms with Gasteiger partial charge in [0.2, 0.25) is 0 Å². The van der Waals surface area contributed by atoms with E-state index >= 15 is 0 Å². The third-order valence-electron chi connectivity index (χ3n) is 5.56. The molecule has 2 aromatic rings. The van der Waals surface area contributed by atoms with Crippen LogP contribution >= 0.6 is 11.8 Å². The van der Waals surface area contributed by atoms with E-state index in [2.05, 4.69) is 48.1 Å². The molecule has 0 unspecified atom stereocenters. The van der Waals surface area contributed by atoms with E-state index in [1.54, 1.807) is 11.8 Å². The number of nitrogens with zero attached hydrogens (tertiary/aromatic N) is 2. The average Bonchev–Trinajstić information content (AvgIpc) is 2.81. The number of thioether (sulfide) groups is 1. The molecule has 1 heterocycles. The molecule has 31 heavy (non-hydrogen) atoms. The lowest BCUT2D eigenvalue weighted by Crippen LogP contribution is -1.97. The first-order valence-electron chi connectivity index (χ1n) is 12.5. The summed E-state index contributed by atoms with van der Waals surface area (Å²) in [7, 11) is 0. The second-order valence-corrected chi connectivity index (χ2v) is 9.43. The fraction of sp³-hybridized carbons (Fsp3) is 0.630. The predicted molar refractivity (Wildman–Crippen MR) is 135 cm³/mol. The normalized spacial score (nSPS) is 11.0. The molecule has 3 nitrogen and oxygen atoms in total. The molecule has 1 aromatic carbocycles. The molecule has 0 aliphatic rings. The molecule has 0 saturated carbocycles. The van der Waals surface area contributed by atoms with Crippen molar-refractivity contribution in [2.75, 3.05) is 12.4 Å². The number of unbranched alkanes of at least 4 members (excludes halogenated alkanes) is 11. The fourth-order valence-electron chi connectivity index (χ4n) is 3.58. The van der Waals surface area contributed by atoms with Gasteiger partial charge in [-0.3, -0.25) is 0 Å². The Labute approximate surface area is 194 Å². The van der Waals surface area contributed by atoms with E-state index in [1.807, 2.05) is 12.4 Å². The van der Waals surface area contributed by atoms with Crippen molar-refractivity contribution >= 4 is 11.8 Å². The van der Waals surface area contributed by atoms with Crippen LogP contribution in [0.15, 0.2) is 41.8 Å². The van der Waals surface area contributed by atoms with Crippen LogP contribution in [0.4, 0.5) is 0 Å². The SMILES string of the molecule is CCCCCCCCCSc1ncc(-c2ccc(OCCCCCCCC)cc2)cn1. The van der Waals surface area contributed by atoms with Gasteiger partial charge in [0.25, 0.3) is 0 Å². The molecule has 0 atom stereocenters. The number of aromatic nitrogens is 2. The molecule has 0 aliphatic carbocycles. The van der Waals surface area contributed by atoms with Crippen LogP contribution in [0.2, 0.25) is 0 Å². The quantitative estimate of drug-likeness (QED) is 0.131. The first kappa shape index (κ1) is 25.7. The third kappa shape index (κ3) is 11.6. The highest BCUT2D eigenvalue weighted by molar-refractivity contribution is 7.99. The highest BCUT2D eigenvalue weighted by Crippen LogP contribution is 2.23. The number of rotatable bonds is 18. The summed E-state index contributed by atoms with van der Waals surface area (Å²) >= 11 is 1.77. The van der Waals surface area contributed by atoms with Crippen LogP contribution in [-0.4, -0.2) is 22.3 Å². The largest absolute Gasteiger partial charge is 0.494 e. The first-order chi connectivity index (χ1) is 15.3. The summed E-state index contributed by atoms with van der Waals surface area (Å²) in [5.41, 5.74) is 2.19. The van der Waals surface area contributed by atoms with Gasteiger partial charge in [-0.25, -0.2) is 9.97 Å². The topological polar surface area (TPSA) is 35.0 Å². The van der Waals surface area contributed by atoms with E-state index < -0.39 is 0 Å². The maximum Gasteiger partial charge on any atom is 0.187 e. The Morgan fingerprint density at radius 3 is 1.81 bits per heavy atom. The molecular formula is C27H42N2OS. The van der Waals surface area contributed by atoms with Gasteiger partial charge < -0.3 is 4.74 Å². The fourth-order valence-corrected chi connectivity index (χ4v) is 4.36. The van der Waals surface area contributed by atoms with Crippen LogP contribution in [-0.2, 0) is 0 Å². The van der Waals surface area contributed by atoms with Crippen molar-refractivity contribution in [1.29, 1.82) is 0 Å². The van der Waals surface area contributed by atoms with Crippen molar-refractivity contribution in [1.82, 2.24) is 9.97 Å². The van der Waals surface area contributed by atoms with Crippen molar-refractivity contribution in [3.8, 4) is 16.9 Å². The van der Waals surface area contributed by atoms with Gasteiger partial charge in [-0.1, -0.05) is 108 Å². The average molecular weight is 443 g/mol. The summed E-state index contributed by atoms with van der Waals surface area (Å²) in [4.78, 5) is 9.10. The Balaban J connectivity index is 1.63. The second kappa shape index (κ2) is 17.1. The Morgan fingerprint density at radius 1 is 0.645 bits per heavy atom. The van der Waals surface area contributed by atoms with Crippen molar-refractivity contribution in [2.45, 2.75) is 102 Å². The van der Waals surface area contributed by atoms with Crippen LogP contribution in [0.1, 0.15) is 97.3 Å². The zero-order valence-electron chi connectivity index (χ0n) is 19.8. The minimum absolute atomic E-state index is 0.805. The van der Waals surface area contributed by atoms with E-state index in [0.717, 1.165) is 40.8 Å². The highest BCUT2D eigenvalue weighted by Gasteiger charge is 2.03. The molecule has 2 rings (SSSR count). The maximum absolute atomic E-state index is 5.88. The van der Waals surface area contributed by atoms with Gasteiger partial charge in [-0.2, -0.15) is 0 Å². The Bertz CT molecular complexity index is 673. The van der Waals surface area contributed by atoms with Gasteiger partial charge >= 0.3 is 0 Å². The number of hydrogen-bond acceptors (Lipinski definition) is 4. The van der Waals surface area contributed by atoms with Crippen molar-refractivity contribution in [3.63, 3.8) is 0 Å². The first-order valence-corrected chi connectivity index (χ1v) is 13.5. The van der Waals surface area contributed by atoms with E-state index in [-0.39, 0.29) is 0 Å². The smallest absolute Gasteiger partial charge is 0.187 e. The molecule has 0 bridgehead atoms. The number of benzene rings is 1. The van der Waals surface area contributed by atoms with E-state index in [4.69, 9.17) is 4.74 Å². The van der Waals surface area contributed by atoms with Gasteiger partial charge in [0, 0.05) is 23.7 Å². The summed E-state index contributed by atoms with van der Waals surface area (Å²) in [6.07, 6.45) is 21.0. The minimum atomic E-state index is 0.805. The molecule has 0 spiro atoms. The summed E-state index contributed by atoms with van der Waals surface area (Å²) in [6, 6.07) is 8.30. The van der Waals surface area contributed by atoms with Crippen LogP contribution in [0.3, 0.4) is 0 Å². The van der Waals surface area contributed by atoms with E-state index in [1.165, 1.54) is 77.0 Å². The monoisotopic (exact) mass is 442 g/mol.